The second kappa shape index (κ2) is 10.6. The van der Waals surface area contributed by atoms with Crippen molar-refractivity contribution < 1.29 is 9.90 Å². The van der Waals surface area contributed by atoms with Gasteiger partial charge in [-0.05, 0) is 60.2 Å². The van der Waals surface area contributed by atoms with E-state index in [1.807, 2.05) is 36.0 Å². The Morgan fingerprint density at radius 3 is 2.44 bits per heavy atom. The first-order valence-corrected chi connectivity index (χ1v) is 9.67. The fraction of sp³-hybridized carbons (Fsp3) is 0.286. The first-order chi connectivity index (χ1) is 12.2. The highest BCUT2D eigenvalue weighted by Crippen LogP contribution is 2.22. The lowest BCUT2D eigenvalue weighted by Crippen LogP contribution is -2.07. The summed E-state index contributed by atoms with van der Waals surface area (Å²) in [6.07, 6.45) is 8.32. The lowest BCUT2D eigenvalue weighted by atomic mass is 10.2. The van der Waals surface area contributed by atoms with E-state index in [1.54, 1.807) is 30.3 Å². The molecule has 0 spiro atoms. The maximum Gasteiger partial charge on any atom is 0.248 e. The van der Waals surface area contributed by atoms with Gasteiger partial charge in [-0.15, -0.1) is 11.8 Å². The van der Waals surface area contributed by atoms with E-state index in [2.05, 4.69) is 12.2 Å². The number of rotatable bonds is 9. The predicted molar refractivity (Wildman–Crippen MR) is 107 cm³/mol. The van der Waals surface area contributed by atoms with Gasteiger partial charge in [0.1, 0.15) is 5.75 Å². The van der Waals surface area contributed by atoms with Crippen LogP contribution in [0.25, 0.3) is 6.08 Å². The Labute approximate surface area is 154 Å². The van der Waals surface area contributed by atoms with Gasteiger partial charge in [0.05, 0.1) is 0 Å². The molecular weight excluding hydrogens is 330 g/mol. The van der Waals surface area contributed by atoms with Crippen LogP contribution < -0.4 is 5.32 Å². The lowest BCUT2D eigenvalue weighted by molar-refractivity contribution is -0.111. The SMILES string of the molecule is CCCCCCSc1ccc(NC(=O)C=Cc2ccc(O)cc2)cc1. The Morgan fingerprint density at radius 2 is 1.76 bits per heavy atom. The molecule has 2 rings (SSSR count). The van der Waals surface area contributed by atoms with Crippen LogP contribution in [0, 0.1) is 0 Å². The molecule has 0 unspecified atom stereocenters. The summed E-state index contributed by atoms with van der Waals surface area (Å²) in [5, 5.41) is 12.1. The number of hydrogen-bond acceptors (Lipinski definition) is 3. The third-order valence-electron chi connectivity index (χ3n) is 3.71. The van der Waals surface area contributed by atoms with Gasteiger partial charge in [-0.25, -0.2) is 0 Å². The Morgan fingerprint density at radius 1 is 1.04 bits per heavy atom. The van der Waals surface area contributed by atoms with E-state index in [1.165, 1.54) is 36.7 Å². The fourth-order valence-electron chi connectivity index (χ4n) is 2.29. The third kappa shape index (κ3) is 7.48. The van der Waals surface area contributed by atoms with Crippen LogP contribution in [0.4, 0.5) is 5.69 Å². The van der Waals surface area contributed by atoms with Crippen molar-refractivity contribution in [2.24, 2.45) is 0 Å². The van der Waals surface area contributed by atoms with E-state index in [-0.39, 0.29) is 11.7 Å². The average molecular weight is 356 g/mol. The summed E-state index contributed by atoms with van der Waals surface area (Å²) in [5.74, 6) is 1.18. The Hall–Kier alpha value is -2.20. The van der Waals surface area contributed by atoms with Crippen molar-refractivity contribution in [1.82, 2.24) is 0 Å². The van der Waals surface area contributed by atoms with Gasteiger partial charge in [-0.1, -0.05) is 38.3 Å². The van der Waals surface area contributed by atoms with E-state index >= 15 is 0 Å². The van der Waals surface area contributed by atoms with Crippen LogP contribution in [0.2, 0.25) is 0 Å². The minimum absolute atomic E-state index is 0.173. The van der Waals surface area contributed by atoms with E-state index in [0.717, 1.165) is 17.0 Å². The van der Waals surface area contributed by atoms with Crippen molar-refractivity contribution in [3.8, 4) is 5.75 Å². The summed E-state index contributed by atoms with van der Waals surface area (Å²) in [6, 6.07) is 14.7. The molecule has 0 heterocycles. The van der Waals surface area contributed by atoms with Gasteiger partial charge in [0, 0.05) is 16.7 Å². The number of aromatic hydroxyl groups is 1. The van der Waals surface area contributed by atoms with E-state index in [0.29, 0.717) is 0 Å². The van der Waals surface area contributed by atoms with E-state index in [9.17, 15) is 9.90 Å². The smallest absolute Gasteiger partial charge is 0.248 e. The highest BCUT2D eigenvalue weighted by molar-refractivity contribution is 7.99. The van der Waals surface area contributed by atoms with Crippen molar-refractivity contribution in [2.75, 3.05) is 11.1 Å². The molecule has 0 aliphatic rings. The number of amides is 1. The van der Waals surface area contributed by atoms with Crippen LogP contribution in [-0.4, -0.2) is 16.8 Å². The summed E-state index contributed by atoms with van der Waals surface area (Å²) < 4.78 is 0. The van der Waals surface area contributed by atoms with Crippen LogP contribution in [0.3, 0.4) is 0 Å². The standard InChI is InChI=1S/C21H25NO2S/c1-2-3-4-5-16-25-20-13-9-18(10-14-20)22-21(24)15-8-17-6-11-19(23)12-7-17/h6-15,23H,2-5,16H2,1H3,(H,22,24). The number of carbonyl (C=O) groups is 1. The predicted octanol–water partition coefficient (Wildman–Crippen LogP) is 5.72. The maximum absolute atomic E-state index is 12.0. The zero-order chi connectivity index (χ0) is 17.9. The highest BCUT2D eigenvalue weighted by Gasteiger charge is 1.99. The normalized spacial score (nSPS) is 10.9. The van der Waals surface area contributed by atoms with Gasteiger partial charge < -0.3 is 10.4 Å². The molecule has 0 aliphatic carbocycles. The molecule has 25 heavy (non-hydrogen) atoms. The van der Waals surface area contributed by atoms with Crippen LogP contribution >= 0.6 is 11.8 Å². The molecule has 4 heteroatoms. The Kier molecular flexibility index (Phi) is 8.13. The highest BCUT2D eigenvalue weighted by atomic mass is 32.2. The second-order valence-electron chi connectivity index (χ2n) is 5.85. The number of unbranched alkanes of at least 4 members (excludes halogenated alkanes) is 3. The quantitative estimate of drug-likeness (QED) is 0.344. The molecule has 2 aromatic carbocycles. The second-order valence-corrected chi connectivity index (χ2v) is 7.02. The van der Waals surface area contributed by atoms with Gasteiger partial charge in [-0.3, -0.25) is 4.79 Å². The number of thioether (sulfide) groups is 1. The minimum Gasteiger partial charge on any atom is -0.508 e. The van der Waals surface area contributed by atoms with Crippen molar-refractivity contribution in [1.29, 1.82) is 0 Å². The van der Waals surface area contributed by atoms with Gasteiger partial charge in [0.2, 0.25) is 5.91 Å². The Bertz CT molecular complexity index is 678. The molecule has 0 bridgehead atoms. The third-order valence-corrected chi connectivity index (χ3v) is 4.81. The molecular formula is C21H25NO2S. The zero-order valence-corrected chi connectivity index (χ0v) is 15.4. The van der Waals surface area contributed by atoms with Gasteiger partial charge in [-0.2, -0.15) is 0 Å². The average Bonchev–Trinajstić information content (AvgIpc) is 2.62. The van der Waals surface area contributed by atoms with Crippen LogP contribution in [0.5, 0.6) is 5.75 Å². The monoisotopic (exact) mass is 355 g/mol. The summed E-state index contributed by atoms with van der Waals surface area (Å²) in [4.78, 5) is 13.2. The number of phenols is 1. The topological polar surface area (TPSA) is 49.3 Å². The molecule has 3 nitrogen and oxygen atoms in total. The van der Waals surface area contributed by atoms with Gasteiger partial charge in [0.15, 0.2) is 0 Å². The molecule has 0 aliphatic heterocycles. The van der Waals surface area contributed by atoms with Crippen molar-refractivity contribution in [2.45, 2.75) is 37.5 Å². The molecule has 0 radical (unpaired) electrons. The molecule has 0 saturated heterocycles. The van der Waals surface area contributed by atoms with Crippen molar-refractivity contribution in [3.63, 3.8) is 0 Å². The van der Waals surface area contributed by atoms with Crippen molar-refractivity contribution >= 4 is 29.4 Å². The molecule has 0 saturated carbocycles. The Balaban J connectivity index is 1.78. The number of hydrogen-bond donors (Lipinski definition) is 2. The number of benzene rings is 2. The lowest BCUT2D eigenvalue weighted by Gasteiger charge is -2.05. The zero-order valence-electron chi connectivity index (χ0n) is 14.6. The van der Waals surface area contributed by atoms with Crippen LogP contribution in [0.15, 0.2) is 59.5 Å². The molecule has 1 amide bonds. The first-order valence-electron chi connectivity index (χ1n) is 8.68. The summed E-state index contributed by atoms with van der Waals surface area (Å²) >= 11 is 1.86. The molecule has 0 fully saturated rings. The van der Waals surface area contributed by atoms with Crippen molar-refractivity contribution in [3.05, 3.63) is 60.2 Å². The molecule has 2 N–H and O–H groups in total. The van der Waals surface area contributed by atoms with Gasteiger partial charge in [0.25, 0.3) is 0 Å². The summed E-state index contributed by atoms with van der Waals surface area (Å²) in [6.45, 7) is 2.22. The molecule has 2 aromatic rings. The van der Waals surface area contributed by atoms with Gasteiger partial charge >= 0.3 is 0 Å². The molecule has 0 atom stereocenters. The number of anilines is 1. The fourth-order valence-corrected chi connectivity index (χ4v) is 3.21. The number of carbonyl (C=O) groups excluding carboxylic acids is 1. The first kappa shape index (κ1) is 19.1. The van der Waals surface area contributed by atoms with Crippen LogP contribution in [0.1, 0.15) is 38.2 Å². The summed E-state index contributed by atoms with van der Waals surface area (Å²) in [7, 11) is 0. The molecule has 132 valence electrons. The number of nitrogens with one attached hydrogen (secondary N) is 1. The number of phenolic OH excluding ortho intramolecular Hbond substituents is 1. The largest absolute Gasteiger partial charge is 0.508 e. The molecule has 0 aromatic heterocycles. The minimum atomic E-state index is -0.173. The van der Waals surface area contributed by atoms with E-state index < -0.39 is 0 Å². The van der Waals surface area contributed by atoms with E-state index in [4.69, 9.17) is 0 Å². The van der Waals surface area contributed by atoms with Crippen LogP contribution in [-0.2, 0) is 4.79 Å². The summed E-state index contributed by atoms with van der Waals surface area (Å²) in [5.41, 5.74) is 1.65. The maximum atomic E-state index is 12.0.